The molecule has 0 aliphatic carbocycles. The Balaban J connectivity index is 2.66. The van der Waals surface area contributed by atoms with Crippen LogP contribution in [0.15, 0.2) is 36.4 Å². The fourth-order valence-electron chi connectivity index (χ4n) is 2.00. The molecule has 0 radical (unpaired) electrons. The molecule has 1 aromatic heterocycles. The average Bonchev–Trinajstić information content (AvgIpc) is 2.37. The largest absolute Gasteiger partial charge is 0.417 e. The van der Waals surface area contributed by atoms with Gasteiger partial charge < -0.3 is 5.73 Å². The summed E-state index contributed by atoms with van der Waals surface area (Å²) in [6.07, 6.45) is -3.87. The van der Waals surface area contributed by atoms with E-state index in [2.05, 4.69) is 4.98 Å². The summed E-state index contributed by atoms with van der Waals surface area (Å²) in [6, 6.07) is 8.59. The second-order valence-corrected chi connectivity index (χ2v) is 4.13. The van der Waals surface area contributed by atoms with Crippen molar-refractivity contribution in [3.63, 3.8) is 0 Å². The summed E-state index contributed by atoms with van der Waals surface area (Å²) in [7, 11) is 0. The predicted octanol–water partition coefficient (Wildman–Crippen LogP) is 3.91. The topological polar surface area (TPSA) is 38.9 Å². The fraction of sp³-hybridized carbons (Fsp3) is 0.214. The Kier molecular flexibility index (Phi) is 3.46. The summed E-state index contributed by atoms with van der Waals surface area (Å²) in [4.78, 5) is 4.10. The Labute approximate surface area is 109 Å². The Bertz CT molecular complexity index is 591. The van der Waals surface area contributed by atoms with Gasteiger partial charge in [0, 0.05) is 5.56 Å². The van der Waals surface area contributed by atoms with Crippen LogP contribution in [0, 0.1) is 0 Å². The van der Waals surface area contributed by atoms with E-state index in [0.717, 1.165) is 6.07 Å². The van der Waals surface area contributed by atoms with Crippen LogP contribution in [-0.4, -0.2) is 4.98 Å². The number of halogens is 3. The van der Waals surface area contributed by atoms with Crippen molar-refractivity contribution in [1.29, 1.82) is 0 Å². The third-order valence-electron chi connectivity index (χ3n) is 2.85. The zero-order valence-electron chi connectivity index (χ0n) is 10.3. The van der Waals surface area contributed by atoms with Gasteiger partial charge in [-0.15, -0.1) is 0 Å². The molecule has 0 aliphatic heterocycles. The van der Waals surface area contributed by atoms with Crippen LogP contribution in [0.3, 0.4) is 0 Å². The van der Waals surface area contributed by atoms with Crippen molar-refractivity contribution >= 4 is 5.82 Å². The van der Waals surface area contributed by atoms with E-state index in [9.17, 15) is 13.2 Å². The Morgan fingerprint density at radius 1 is 1.05 bits per heavy atom. The molecule has 0 fully saturated rings. The number of hydrogen-bond acceptors (Lipinski definition) is 2. The summed E-state index contributed by atoms with van der Waals surface area (Å²) in [5.41, 5.74) is 6.10. The molecule has 100 valence electrons. The number of nitrogen functional groups attached to an aromatic ring is 1. The number of nitrogens with two attached hydrogens (primary N) is 1. The van der Waals surface area contributed by atoms with E-state index >= 15 is 0 Å². The molecule has 0 aliphatic rings. The van der Waals surface area contributed by atoms with Crippen LogP contribution in [0.2, 0.25) is 0 Å². The fourth-order valence-corrected chi connectivity index (χ4v) is 2.00. The van der Waals surface area contributed by atoms with Crippen molar-refractivity contribution in [1.82, 2.24) is 4.98 Å². The third-order valence-corrected chi connectivity index (χ3v) is 2.85. The molecule has 1 aromatic carbocycles. The minimum atomic E-state index is -4.39. The van der Waals surface area contributed by atoms with E-state index < -0.39 is 11.7 Å². The molecule has 19 heavy (non-hydrogen) atoms. The van der Waals surface area contributed by atoms with Crippen molar-refractivity contribution in [2.24, 2.45) is 0 Å². The van der Waals surface area contributed by atoms with Crippen LogP contribution >= 0.6 is 0 Å². The second kappa shape index (κ2) is 4.91. The maximum atomic E-state index is 13.0. The molecule has 0 saturated heterocycles. The molecule has 0 unspecified atom stereocenters. The van der Waals surface area contributed by atoms with E-state index in [4.69, 9.17) is 5.73 Å². The summed E-state index contributed by atoms with van der Waals surface area (Å²) in [5, 5.41) is 0. The maximum Gasteiger partial charge on any atom is 0.417 e. The van der Waals surface area contributed by atoms with Crippen LogP contribution in [0.4, 0.5) is 19.0 Å². The van der Waals surface area contributed by atoms with Gasteiger partial charge >= 0.3 is 6.18 Å². The van der Waals surface area contributed by atoms with Crippen LogP contribution in [-0.2, 0) is 12.6 Å². The summed E-state index contributed by atoms with van der Waals surface area (Å²) < 4.78 is 39.0. The van der Waals surface area contributed by atoms with Gasteiger partial charge in [-0.05, 0) is 30.2 Å². The lowest BCUT2D eigenvalue weighted by Crippen LogP contribution is -2.08. The lowest BCUT2D eigenvalue weighted by atomic mass is 9.97. The van der Waals surface area contributed by atoms with Gasteiger partial charge in [-0.25, -0.2) is 4.98 Å². The number of aromatic nitrogens is 1. The molecule has 0 amide bonds. The van der Waals surface area contributed by atoms with Gasteiger partial charge in [-0.2, -0.15) is 13.2 Å². The zero-order chi connectivity index (χ0) is 14.0. The SMILES string of the molecule is CCc1nc(N)ccc1-c1ccccc1C(F)(F)F. The van der Waals surface area contributed by atoms with Gasteiger partial charge in [-0.3, -0.25) is 0 Å². The maximum absolute atomic E-state index is 13.0. The highest BCUT2D eigenvalue weighted by Crippen LogP contribution is 2.37. The van der Waals surface area contributed by atoms with Crippen molar-refractivity contribution < 1.29 is 13.2 Å². The highest BCUT2D eigenvalue weighted by Gasteiger charge is 2.33. The molecule has 5 heteroatoms. The molecule has 2 N–H and O–H groups in total. The quantitative estimate of drug-likeness (QED) is 0.895. The van der Waals surface area contributed by atoms with Crippen molar-refractivity contribution in [3.8, 4) is 11.1 Å². The van der Waals surface area contributed by atoms with E-state index in [0.29, 0.717) is 23.5 Å². The standard InChI is InChI=1S/C14H13F3N2/c1-2-12-10(7-8-13(18)19-12)9-5-3-4-6-11(9)14(15,16)17/h3-8H,2H2,1H3,(H2,18,19). The Morgan fingerprint density at radius 3 is 2.37 bits per heavy atom. The van der Waals surface area contributed by atoms with Gasteiger partial charge in [0.2, 0.25) is 0 Å². The monoisotopic (exact) mass is 266 g/mol. The highest BCUT2D eigenvalue weighted by molar-refractivity contribution is 5.71. The number of benzene rings is 1. The van der Waals surface area contributed by atoms with Gasteiger partial charge in [0.1, 0.15) is 5.82 Å². The van der Waals surface area contributed by atoms with E-state index in [1.54, 1.807) is 12.1 Å². The molecule has 0 saturated carbocycles. The van der Waals surface area contributed by atoms with E-state index in [1.165, 1.54) is 18.2 Å². The molecular weight excluding hydrogens is 253 g/mol. The zero-order valence-corrected chi connectivity index (χ0v) is 10.3. The van der Waals surface area contributed by atoms with Gasteiger partial charge in [0.15, 0.2) is 0 Å². The molecule has 2 aromatic rings. The first-order chi connectivity index (χ1) is 8.93. The van der Waals surface area contributed by atoms with E-state index in [1.807, 2.05) is 6.92 Å². The predicted molar refractivity (Wildman–Crippen MR) is 68.5 cm³/mol. The molecule has 0 bridgehead atoms. The van der Waals surface area contributed by atoms with Crippen LogP contribution in [0.5, 0.6) is 0 Å². The second-order valence-electron chi connectivity index (χ2n) is 4.13. The number of nitrogens with zero attached hydrogens (tertiary/aromatic N) is 1. The number of anilines is 1. The smallest absolute Gasteiger partial charge is 0.384 e. The number of aryl methyl sites for hydroxylation is 1. The first-order valence-electron chi connectivity index (χ1n) is 5.85. The first kappa shape index (κ1) is 13.4. The Hall–Kier alpha value is -2.04. The third kappa shape index (κ3) is 2.70. The molecule has 1 heterocycles. The summed E-state index contributed by atoms with van der Waals surface area (Å²) in [6.45, 7) is 1.83. The lowest BCUT2D eigenvalue weighted by molar-refractivity contribution is -0.137. The normalized spacial score (nSPS) is 11.6. The van der Waals surface area contributed by atoms with E-state index in [-0.39, 0.29) is 5.56 Å². The molecule has 0 spiro atoms. The highest BCUT2D eigenvalue weighted by atomic mass is 19.4. The number of rotatable bonds is 2. The number of hydrogen-bond donors (Lipinski definition) is 1. The van der Waals surface area contributed by atoms with Gasteiger partial charge in [-0.1, -0.05) is 25.1 Å². The van der Waals surface area contributed by atoms with Crippen LogP contribution in [0.25, 0.3) is 11.1 Å². The summed E-state index contributed by atoms with van der Waals surface area (Å²) in [5.74, 6) is 0.310. The molecule has 0 atom stereocenters. The minimum absolute atomic E-state index is 0.138. The average molecular weight is 266 g/mol. The Morgan fingerprint density at radius 2 is 1.74 bits per heavy atom. The number of pyridine rings is 1. The van der Waals surface area contributed by atoms with Crippen LogP contribution < -0.4 is 5.73 Å². The molecule has 2 rings (SSSR count). The number of alkyl halides is 3. The van der Waals surface area contributed by atoms with Crippen molar-refractivity contribution in [2.45, 2.75) is 19.5 Å². The summed E-state index contributed by atoms with van der Waals surface area (Å²) >= 11 is 0. The van der Waals surface area contributed by atoms with Crippen molar-refractivity contribution in [3.05, 3.63) is 47.7 Å². The molecule has 2 nitrogen and oxygen atoms in total. The first-order valence-corrected chi connectivity index (χ1v) is 5.85. The van der Waals surface area contributed by atoms with Gasteiger partial charge in [0.25, 0.3) is 0 Å². The minimum Gasteiger partial charge on any atom is -0.384 e. The van der Waals surface area contributed by atoms with Crippen molar-refractivity contribution in [2.75, 3.05) is 5.73 Å². The van der Waals surface area contributed by atoms with Gasteiger partial charge in [0.05, 0.1) is 11.3 Å². The van der Waals surface area contributed by atoms with Crippen LogP contribution in [0.1, 0.15) is 18.2 Å². The lowest BCUT2D eigenvalue weighted by Gasteiger charge is -2.15. The molecular formula is C14H13F3N2.